The highest BCUT2D eigenvalue weighted by Gasteiger charge is 2.44. The van der Waals surface area contributed by atoms with E-state index in [2.05, 4.69) is 10.2 Å². The van der Waals surface area contributed by atoms with Crippen molar-refractivity contribution in [3.8, 4) is 5.75 Å². The largest absolute Gasteiger partial charge is 0.481 e. The van der Waals surface area contributed by atoms with Gasteiger partial charge in [-0.1, -0.05) is 18.2 Å². The van der Waals surface area contributed by atoms with Gasteiger partial charge in [0, 0.05) is 37.1 Å². The number of quaternary nitrogens is 1. The van der Waals surface area contributed by atoms with E-state index in [0.29, 0.717) is 29.2 Å². The molecule has 10 heteroatoms. The molecule has 5 rings (SSSR count). The van der Waals surface area contributed by atoms with Gasteiger partial charge in [0.25, 0.3) is 0 Å². The number of aromatic nitrogens is 2. The number of fused-ring (bicyclic) bond motifs is 3. The second-order valence-electron chi connectivity index (χ2n) is 11.1. The summed E-state index contributed by atoms with van der Waals surface area (Å²) in [6.07, 6.45) is 4.90. The molecule has 39 heavy (non-hydrogen) atoms. The number of aromatic amines is 1. The number of nitrogens with one attached hydrogen (secondary N) is 2. The molecular formula is C29H41N4O5S+. The number of H-pyrrole nitrogens is 1. The molecule has 1 spiro atoms. The van der Waals surface area contributed by atoms with Crippen LogP contribution in [0.4, 0.5) is 0 Å². The number of nitrogens with zero attached hydrogens (tertiary/aromatic N) is 2. The Morgan fingerprint density at radius 1 is 1.23 bits per heavy atom. The standard InChI is InChI=1S/C29H40N4O5S/c1-4-37-16-15-33(39(35,36)28-21(2)7-5-8-22(28)3)19-23(34)18-32-14-6-12-29(20-32)13-11-24-25-17-30-31-26(25)9-10-27(24)38-29/h5,7-10,17,23,34H,4,6,11-16,18-20H2,1-3H3,(H,30,31)/p+1/t23-,29+/m0/s1. The summed E-state index contributed by atoms with van der Waals surface area (Å²) in [7, 11) is -3.80. The van der Waals surface area contributed by atoms with Crippen LogP contribution < -0.4 is 9.64 Å². The van der Waals surface area contributed by atoms with Crippen LogP contribution in [-0.4, -0.2) is 85.7 Å². The van der Waals surface area contributed by atoms with Gasteiger partial charge < -0.3 is 19.5 Å². The maximum atomic E-state index is 13.8. The van der Waals surface area contributed by atoms with Crippen LogP contribution in [0.15, 0.2) is 41.4 Å². The molecule has 2 aromatic carbocycles. The third-order valence-corrected chi connectivity index (χ3v) is 10.4. The first-order valence-electron chi connectivity index (χ1n) is 14.0. The van der Waals surface area contributed by atoms with E-state index >= 15 is 0 Å². The number of benzene rings is 2. The molecule has 9 nitrogen and oxygen atoms in total. The number of piperidine rings is 1. The lowest BCUT2D eigenvalue weighted by atomic mass is 9.83. The molecule has 1 aromatic heterocycles. The molecule has 3 heterocycles. The van der Waals surface area contributed by atoms with Crippen molar-refractivity contribution < 1.29 is 27.9 Å². The number of aliphatic hydroxyl groups is 1. The number of ether oxygens (including phenoxy) is 2. The summed E-state index contributed by atoms with van der Waals surface area (Å²) in [5.74, 6) is 0.929. The molecule has 2 aliphatic rings. The third-order valence-electron chi connectivity index (χ3n) is 8.22. The van der Waals surface area contributed by atoms with Gasteiger partial charge in [-0.05, 0) is 63.3 Å². The number of rotatable bonds is 10. The smallest absolute Gasteiger partial charge is 0.243 e. The van der Waals surface area contributed by atoms with Crippen molar-refractivity contribution in [1.82, 2.24) is 14.5 Å². The fourth-order valence-electron chi connectivity index (χ4n) is 6.40. The minimum atomic E-state index is -3.80. The van der Waals surface area contributed by atoms with E-state index < -0.39 is 16.1 Å². The Labute approximate surface area is 231 Å². The van der Waals surface area contributed by atoms with Crippen LogP contribution >= 0.6 is 0 Å². The fraction of sp³-hybridized carbons (Fsp3) is 0.552. The van der Waals surface area contributed by atoms with Crippen molar-refractivity contribution in [2.24, 2.45) is 0 Å². The highest BCUT2D eigenvalue weighted by atomic mass is 32.2. The maximum Gasteiger partial charge on any atom is 0.243 e. The molecule has 1 unspecified atom stereocenters. The minimum absolute atomic E-state index is 0.0296. The van der Waals surface area contributed by atoms with Gasteiger partial charge in [0.1, 0.15) is 24.9 Å². The van der Waals surface area contributed by atoms with Gasteiger partial charge in [0.05, 0.1) is 29.8 Å². The summed E-state index contributed by atoms with van der Waals surface area (Å²) < 4.78 is 41.1. The molecular weight excluding hydrogens is 516 g/mol. The summed E-state index contributed by atoms with van der Waals surface area (Å²) in [6.45, 7) is 8.71. The molecule has 0 aliphatic carbocycles. The number of aliphatic hydroxyl groups excluding tert-OH is 1. The van der Waals surface area contributed by atoms with E-state index in [1.54, 1.807) is 0 Å². The zero-order valence-electron chi connectivity index (χ0n) is 23.2. The molecule has 0 radical (unpaired) electrons. The number of sulfonamides is 1. The van der Waals surface area contributed by atoms with Gasteiger partial charge in [-0.3, -0.25) is 5.10 Å². The average Bonchev–Trinajstić information content (AvgIpc) is 3.37. The van der Waals surface area contributed by atoms with Crippen LogP contribution in [0.5, 0.6) is 5.75 Å². The zero-order chi connectivity index (χ0) is 27.6. The molecule has 0 bridgehead atoms. The van der Waals surface area contributed by atoms with E-state index in [4.69, 9.17) is 9.47 Å². The van der Waals surface area contributed by atoms with Crippen LogP contribution in [0.1, 0.15) is 42.9 Å². The molecule has 0 saturated carbocycles. The van der Waals surface area contributed by atoms with Crippen molar-refractivity contribution in [3.05, 3.63) is 53.2 Å². The van der Waals surface area contributed by atoms with Crippen molar-refractivity contribution in [2.45, 2.75) is 63.1 Å². The molecule has 0 amide bonds. The normalized spacial score (nSPS) is 22.2. The fourth-order valence-corrected chi connectivity index (χ4v) is 8.29. The lowest BCUT2D eigenvalue weighted by Crippen LogP contribution is -3.16. The van der Waals surface area contributed by atoms with Gasteiger partial charge in [0.15, 0.2) is 5.60 Å². The summed E-state index contributed by atoms with van der Waals surface area (Å²) in [5.41, 5.74) is 3.38. The predicted octanol–water partition coefficient (Wildman–Crippen LogP) is 2.01. The van der Waals surface area contributed by atoms with Gasteiger partial charge in [-0.25, -0.2) is 8.42 Å². The van der Waals surface area contributed by atoms with E-state index in [-0.39, 0.29) is 25.3 Å². The third kappa shape index (κ3) is 5.85. The Bertz CT molecular complexity index is 1390. The predicted molar refractivity (Wildman–Crippen MR) is 150 cm³/mol. The highest BCUT2D eigenvalue weighted by molar-refractivity contribution is 7.89. The molecule has 3 aromatic rings. The van der Waals surface area contributed by atoms with Crippen LogP contribution in [0.3, 0.4) is 0 Å². The number of likely N-dealkylation sites (tertiary alicyclic amines) is 1. The second kappa shape index (κ2) is 11.5. The summed E-state index contributed by atoms with van der Waals surface area (Å²) in [4.78, 5) is 1.56. The average molecular weight is 558 g/mol. The van der Waals surface area contributed by atoms with Gasteiger partial charge in [-0.15, -0.1) is 0 Å². The van der Waals surface area contributed by atoms with Crippen molar-refractivity contribution in [2.75, 3.05) is 45.9 Å². The molecule has 1 fully saturated rings. The monoisotopic (exact) mass is 557 g/mol. The number of hydrogen-bond acceptors (Lipinski definition) is 6. The van der Waals surface area contributed by atoms with E-state index in [9.17, 15) is 13.5 Å². The Hall–Kier alpha value is -2.50. The SMILES string of the molecule is CCOCCN(C[C@@H](O)C[NH+]1CCC[C@@]2(CCc3c(ccc4[nH]ncc34)O2)C1)S(=O)(=O)c1c(C)cccc1C. The van der Waals surface area contributed by atoms with Crippen LogP contribution in [-0.2, 0) is 21.2 Å². The van der Waals surface area contributed by atoms with Crippen LogP contribution in [0.2, 0.25) is 0 Å². The van der Waals surface area contributed by atoms with Gasteiger partial charge in [0.2, 0.25) is 10.0 Å². The van der Waals surface area contributed by atoms with Crippen molar-refractivity contribution in [1.29, 1.82) is 0 Å². The van der Waals surface area contributed by atoms with Crippen LogP contribution in [0.25, 0.3) is 10.9 Å². The summed E-state index contributed by atoms with van der Waals surface area (Å²) >= 11 is 0. The lowest BCUT2D eigenvalue weighted by molar-refractivity contribution is -0.914. The number of aryl methyl sites for hydroxylation is 3. The molecule has 1 saturated heterocycles. The maximum absolute atomic E-state index is 13.8. The van der Waals surface area contributed by atoms with E-state index in [0.717, 1.165) is 55.4 Å². The Morgan fingerprint density at radius 3 is 2.79 bits per heavy atom. The van der Waals surface area contributed by atoms with Crippen molar-refractivity contribution >= 4 is 20.9 Å². The Kier molecular flexibility index (Phi) is 8.30. The first-order valence-corrected chi connectivity index (χ1v) is 15.5. The van der Waals surface area contributed by atoms with Crippen LogP contribution in [0, 0.1) is 13.8 Å². The molecule has 2 aliphatic heterocycles. The van der Waals surface area contributed by atoms with Gasteiger partial charge in [-0.2, -0.15) is 9.40 Å². The Balaban J connectivity index is 1.28. The summed E-state index contributed by atoms with van der Waals surface area (Å²) in [5, 5.41) is 19.5. The Morgan fingerprint density at radius 2 is 2.03 bits per heavy atom. The number of hydrogen-bond donors (Lipinski definition) is 3. The molecule has 3 N–H and O–H groups in total. The second-order valence-corrected chi connectivity index (χ2v) is 13.0. The summed E-state index contributed by atoms with van der Waals surface area (Å²) in [6, 6.07) is 9.55. The molecule has 3 atom stereocenters. The van der Waals surface area contributed by atoms with E-state index in [1.807, 2.05) is 57.3 Å². The van der Waals surface area contributed by atoms with Gasteiger partial charge >= 0.3 is 0 Å². The quantitative estimate of drug-likeness (QED) is 0.329. The molecule has 212 valence electrons. The minimum Gasteiger partial charge on any atom is -0.481 e. The first kappa shape index (κ1) is 28.0. The lowest BCUT2D eigenvalue weighted by Gasteiger charge is -2.43. The zero-order valence-corrected chi connectivity index (χ0v) is 24.0. The topological polar surface area (TPSA) is 109 Å². The highest BCUT2D eigenvalue weighted by Crippen LogP contribution is 2.39. The first-order chi connectivity index (χ1) is 18.7. The van der Waals surface area contributed by atoms with E-state index in [1.165, 1.54) is 14.8 Å². The van der Waals surface area contributed by atoms with Crippen molar-refractivity contribution in [3.63, 3.8) is 0 Å².